The molecular weight excluding hydrogens is 238 g/mol. The summed E-state index contributed by atoms with van der Waals surface area (Å²) in [6, 6.07) is 2.27. The maximum atomic E-state index is 4.49. The zero-order valence-corrected chi connectivity index (χ0v) is 10.2. The highest BCUT2D eigenvalue weighted by Gasteiger charge is 2.17. The lowest BCUT2D eigenvalue weighted by Crippen LogP contribution is -1.96. The summed E-state index contributed by atoms with van der Waals surface area (Å²) in [7, 11) is 0. The monoisotopic (exact) mass is 253 g/mol. The Kier molecular flexibility index (Phi) is 3.22. The molecular formula is C12H16BrN. The van der Waals surface area contributed by atoms with Gasteiger partial charge in [-0.15, -0.1) is 0 Å². The first kappa shape index (κ1) is 10.2. The fraction of sp³-hybridized carbons (Fsp3) is 0.583. The molecule has 1 nitrogen and oxygen atoms in total. The van der Waals surface area contributed by atoms with Crippen LogP contribution in [0, 0.1) is 0 Å². The van der Waals surface area contributed by atoms with Crippen LogP contribution < -0.4 is 0 Å². The van der Waals surface area contributed by atoms with Crippen LogP contribution in [0.15, 0.2) is 16.7 Å². The molecule has 1 aromatic heterocycles. The Balaban J connectivity index is 2.23. The van der Waals surface area contributed by atoms with Crippen LogP contribution in [0.25, 0.3) is 0 Å². The van der Waals surface area contributed by atoms with Gasteiger partial charge in [-0.1, -0.05) is 19.8 Å². The lowest BCUT2D eigenvalue weighted by Gasteiger charge is -2.10. The van der Waals surface area contributed by atoms with Gasteiger partial charge in [-0.3, -0.25) is 4.98 Å². The zero-order chi connectivity index (χ0) is 9.97. The van der Waals surface area contributed by atoms with Crippen LogP contribution in [-0.4, -0.2) is 4.98 Å². The SMILES string of the molecule is CCc1ncc(C2CCCC2)cc1Br. The van der Waals surface area contributed by atoms with Crippen molar-refractivity contribution in [2.75, 3.05) is 0 Å². The standard InChI is InChI=1S/C12H16BrN/c1-2-12-11(13)7-10(8-14-12)9-5-3-4-6-9/h7-9H,2-6H2,1H3. The number of hydrogen-bond donors (Lipinski definition) is 0. The van der Waals surface area contributed by atoms with E-state index in [-0.39, 0.29) is 0 Å². The van der Waals surface area contributed by atoms with E-state index in [1.807, 2.05) is 0 Å². The van der Waals surface area contributed by atoms with Crippen molar-refractivity contribution in [2.45, 2.75) is 44.9 Å². The second-order valence-electron chi connectivity index (χ2n) is 4.03. The lowest BCUT2D eigenvalue weighted by molar-refractivity contribution is 0.716. The topological polar surface area (TPSA) is 12.9 Å². The predicted octanol–water partition coefficient (Wildman–Crippen LogP) is 4.06. The highest BCUT2D eigenvalue weighted by atomic mass is 79.9. The van der Waals surface area contributed by atoms with Gasteiger partial charge >= 0.3 is 0 Å². The number of hydrogen-bond acceptors (Lipinski definition) is 1. The first-order valence-electron chi connectivity index (χ1n) is 5.45. The van der Waals surface area contributed by atoms with Crippen molar-refractivity contribution in [2.24, 2.45) is 0 Å². The summed E-state index contributed by atoms with van der Waals surface area (Å²) >= 11 is 3.59. The Bertz CT molecular complexity index is 316. The summed E-state index contributed by atoms with van der Waals surface area (Å²) < 4.78 is 1.18. The minimum absolute atomic E-state index is 0.768. The molecule has 0 saturated heterocycles. The lowest BCUT2D eigenvalue weighted by atomic mass is 9.99. The maximum Gasteiger partial charge on any atom is 0.0542 e. The summed E-state index contributed by atoms with van der Waals surface area (Å²) in [5.41, 5.74) is 2.60. The van der Waals surface area contributed by atoms with Crippen molar-refractivity contribution in [3.8, 4) is 0 Å². The van der Waals surface area contributed by atoms with Crippen LogP contribution in [0.4, 0.5) is 0 Å². The van der Waals surface area contributed by atoms with E-state index in [2.05, 4.69) is 40.1 Å². The highest BCUT2D eigenvalue weighted by molar-refractivity contribution is 9.10. The van der Waals surface area contributed by atoms with Crippen LogP contribution in [-0.2, 0) is 6.42 Å². The van der Waals surface area contributed by atoms with E-state index in [9.17, 15) is 0 Å². The molecule has 76 valence electrons. The molecule has 1 aliphatic carbocycles. The Labute approximate surface area is 94.1 Å². The molecule has 0 radical (unpaired) electrons. The number of pyridine rings is 1. The fourth-order valence-electron chi connectivity index (χ4n) is 2.22. The van der Waals surface area contributed by atoms with Crippen LogP contribution in [0.5, 0.6) is 0 Å². The second kappa shape index (κ2) is 4.43. The van der Waals surface area contributed by atoms with E-state index in [1.165, 1.54) is 41.4 Å². The summed E-state index contributed by atoms with van der Waals surface area (Å²) in [6.07, 6.45) is 8.54. The van der Waals surface area contributed by atoms with Gasteiger partial charge in [0.05, 0.1) is 5.69 Å². The number of aromatic nitrogens is 1. The van der Waals surface area contributed by atoms with Gasteiger partial charge in [-0.05, 0) is 52.7 Å². The summed E-state index contributed by atoms with van der Waals surface area (Å²) in [6.45, 7) is 2.14. The number of nitrogens with zero attached hydrogens (tertiary/aromatic N) is 1. The van der Waals surface area contributed by atoms with E-state index < -0.39 is 0 Å². The van der Waals surface area contributed by atoms with Crippen molar-refractivity contribution in [1.29, 1.82) is 0 Å². The van der Waals surface area contributed by atoms with Crippen molar-refractivity contribution in [3.63, 3.8) is 0 Å². The van der Waals surface area contributed by atoms with Gasteiger partial charge in [0.25, 0.3) is 0 Å². The molecule has 0 spiro atoms. The number of aryl methyl sites for hydroxylation is 1. The van der Waals surface area contributed by atoms with Crippen molar-refractivity contribution in [1.82, 2.24) is 4.98 Å². The Morgan fingerprint density at radius 3 is 2.71 bits per heavy atom. The molecule has 1 fully saturated rings. The van der Waals surface area contributed by atoms with Crippen LogP contribution in [0.2, 0.25) is 0 Å². The van der Waals surface area contributed by atoms with Crippen molar-refractivity contribution < 1.29 is 0 Å². The normalized spacial score (nSPS) is 17.6. The molecule has 0 aromatic carbocycles. The van der Waals surface area contributed by atoms with Gasteiger partial charge in [-0.25, -0.2) is 0 Å². The van der Waals surface area contributed by atoms with Gasteiger partial charge in [0, 0.05) is 10.7 Å². The molecule has 0 atom stereocenters. The molecule has 2 rings (SSSR count). The third-order valence-corrected chi connectivity index (χ3v) is 3.79. The van der Waals surface area contributed by atoms with E-state index in [0.29, 0.717) is 0 Å². The molecule has 1 aliphatic rings. The quantitative estimate of drug-likeness (QED) is 0.775. The largest absolute Gasteiger partial charge is 0.260 e. The first-order valence-corrected chi connectivity index (χ1v) is 6.25. The van der Waals surface area contributed by atoms with E-state index in [1.54, 1.807) is 0 Å². The minimum Gasteiger partial charge on any atom is -0.260 e. The number of halogens is 1. The Hall–Kier alpha value is -0.370. The van der Waals surface area contributed by atoms with Gasteiger partial charge in [0.2, 0.25) is 0 Å². The summed E-state index contributed by atoms with van der Waals surface area (Å²) in [5.74, 6) is 0.768. The molecule has 1 aromatic rings. The van der Waals surface area contributed by atoms with Gasteiger partial charge in [0.15, 0.2) is 0 Å². The average Bonchev–Trinajstić information content (AvgIpc) is 2.70. The van der Waals surface area contributed by atoms with Gasteiger partial charge in [-0.2, -0.15) is 0 Å². The molecule has 0 aliphatic heterocycles. The summed E-state index contributed by atoms with van der Waals surface area (Å²) in [5, 5.41) is 0. The zero-order valence-electron chi connectivity index (χ0n) is 8.59. The molecule has 0 bridgehead atoms. The summed E-state index contributed by atoms with van der Waals surface area (Å²) in [4.78, 5) is 4.49. The molecule has 1 heterocycles. The van der Waals surface area contributed by atoms with E-state index in [4.69, 9.17) is 0 Å². The number of rotatable bonds is 2. The van der Waals surface area contributed by atoms with Crippen LogP contribution >= 0.6 is 15.9 Å². The molecule has 0 N–H and O–H groups in total. The van der Waals surface area contributed by atoms with Crippen LogP contribution in [0.1, 0.15) is 49.8 Å². The van der Waals surface area contributed by atoms with Gasteiger partial charge in [0.1, 0.15) is 0 Å². The molecule has 0 amide bonds. The fourth-order valence-corrected chi connectivity index (χ4v) is 2.87. The molecule has 1 saturated carbocycles. The molecule has 14 heavy (non-hydrogen) atoms. The third-order valence-electron chi connectivity index (χ3n) is 3.10. The van der Waals surface area contributed by atoms with E-state index in [0.717, 1.165) is 12.3 Å². The third kappa shape index (κ3) is 2.00. The molecule has 2 heteroatoms. The molecule has 0 unspecified atom stereocenters. The maximum absolute atomic E-state index is 4.49. The van der Waals surface area contributed by atoms with E-state index >= 15 is 0 Å². The predicted molar refractivity (Wildman–Crippen MR) is 62.5 cm³/mol. The van der Waals surface area contributed by atoms with Crippen molar-refractivity contribution >= 4 is 15.9 Å². The minimum atomic E-state index is 0.768. The van der Waals surface area contributed by atoms with Crippen molar-refractivity contribution in [3.05, 3.63) is 28.0 Å². The Morgan fingerprint density at radius 2 is 2.14 bits per heavy atom. The smallest absolute Gasteiger partial charge is 0.0542 e. The second-order valence-corrected chi connectivity index (χ2v) is 4.89. The van der Waals surface area contributed by atoms with Crippen LogP contribution in [0.3, 0.4) is 0 Å². The highest BCUT2D eigenvalue weighted by Crippen LogP contribution is 2.35. The first-order chi connectivity index (χ1) is 6.81. The average molecular weight is 254 g/mol. The Morgan fingerprint density at radius 1 is 1.43 bits per heavy atom. The van der Waals surface area contributed by atoms with Gasteiger partial charge < -0.3 is 0 Å².